The molecule has 1 heterocycles. The topological polar surface area (TPSA) is 69.0 Å². The monoisotopic (exact) mass is 440 g/mol. The highest BCUT2D eigenvalue weighted by molar-refractivity contribution is 9.10. The zero-order valence-electron chi connectivity index (χ0n) is 15.6. The third-order valence-electron chi connectivity index (χ3n) is 4.81. The smallest absolute Gasteiger partial charge is 0.274 e. The van der Waals surface area contributed by atoms with Gasteiger partial charge in [-0.25, -0.2) is 4.68 Å². The predicted molar refractivity (Wildman–Crippen MR) is 109 cm³/mol. The van der Waals surface area contributed by atoms with Crippen LogP contribution in [0.2, 0.25) is 0 Å². The summed E-state index contributed by atoms with van der Waals surface area (Å²) >= 11 is 3.45. The second-order valence-electron chi connectivity index (χ2n) is 6.87. The number of carbonyl (C=O) groups is 1. The predicted octanol–water partition coefficient (Wildman–Crippen LogP) is 3.98. The largest absolute Gasteiger partial charge is 0.380 e. The molecular formula is C21H21BrN4O2. The van der Waals surface area contributed by atoms with E-state index in [4.69, 9.17) is 4.74 Å². The van der Waals surface area contributed by atoms with Crippen molar-refractivity contribution in [2.45, 2.75) is 31.9 Å². The van der Waals surface area contributed by atoms with Crippen LogP contribution in [0.3, 0.4) is 0 Å². The van der Waals surface area contributed by atoms with Crippen LogP contribution in [0, 0.1) is 0 Å². The molecule has 0 atom stereocenters. The van der Waals surface area contributed by atoms with Crippen molar-refractivity contribution in [1.29, 1.82) is 0 Å². The molecule has 0 aliphatic heterocycles. The molecular weight excluding hydrogens is 420 g/mol. The Morgan fingerprint density at radius 2 is 1.89 bits per heavy atom. The number of nitrogens with one attached hydrogen (secondary N) is 1. The van der Waals surface area contributed by atoms with Crippen molar-refractivity contribution in [1.82, 2.24) is 20.3 Å². The summed E-state index contributed by atoms with van der Waals surface area (Å²) in [6.07, 6.45) is 2.11. The SMILES string of the molecule is COCc1ccccc1CNC(=O)c1nnn(-c2ccc(Br)cc2)c1C1CC1. The molecule has 0 bridgehead atoms. The van der Waals surface area contributed by atoms with Crippen LogP contribution in [0.15, 0.2) is 53.0 Å². The lowest BCUT2D eigenvalue weighted by Gasteiger charge is -2.10. The van der Waals surface area contributed by atoms with E-state index in [9.17, 15) is 4.79 Å². The summed E-state index contributed by atoms with van der Waals surface area (Å²) in [5.74, 6) is 0.137. The zero-order valence-corrected chi connectivity index (χ0v) is 17.1. The summed E-state index contributed by atoms with van der Waals surface area (Å²) in [6.45, 7) is 0.937. The van der Waals surface area contributed by atoms with Gasteiger partial charge in [-0.05, 0) is 48.2 Å². The van der Waals surface area contributed by atoms with Crippen LogP contribution < -0.4 is 5.32 Å². The first kappa shape index (κ1) is 18.8. The molecule has 1 amide bonds. The lowest BCUT2D eigenvalue weighted by molar-refractivity contribution is 0.0944. The summed E-state index contributed by atoms with van der Waals surface area (Å²) in [5, 5.41) is 11.5. The van der Waals surface area contributed by atoms with Crippen LogP contribution in [0.4, 0.5) is 0 Å². The number of amides is 1. The lowest BCUT2D eigenvalue weighted by atomic mass is 10.1. The molecule has 0 radical (unpaired) electrons. The maximum atomic E-state index is 12.9. The number of hydrogen-bond acceptors (Lipinski definition) is 4. The van der Waals surface area contributed by atoms with Crippen molar-refractivity contribution in [2.24, 2.45) is 0 Å². The molecule has 1 fully saturated rings. The minimum absolute atomic E-state index is 0.197. The Kier molecular flexibility index (Phi) is 5.54. The van der Waals surface area contributed by atoms with E-state index in [-0.39, 0.29) is 5.91 Å². The summed E-state index contributed by atoms with van der Waals surface area (Å²) < 4.78 is 8.02. The van der Waals surface area contributed by atoms with Crippen molar-refractivity contribution in [2.75, 3.05) is 7.11 Å². The van der Waals surface area contributed by atoms with Gasteiger partial charge in [0.2, 0.25) is 0 Å². The van der Waals surface area contributed by atoms with Crippen LogP contribution in [-0.4, -0.2) is 28.0 Å². The van der Waals surface area contributed by atoms with Crippen molar-refractivity contribution in [3.63, 3.8) is 0 Å². The van der Waals surface area contributed by atoms with Crippen LogP contribution >= 0.6 is 15.9 Å². The fourth-order valence-corrected chi connectivity index (χ4v) is 3.50. The van der Waals surface area contributed by atoms with Crippen LogP contribution in [-0.2, 0) is 17.9 Å². The third-order valence-corrected chi connectivity index (χ3v) is 5.34. The molecule has 7 heteroatoms. The van der Waals surface area contributed by atoms with Crippen LogP contribution in [0.1, 0.15) is 46.1 Å². The Labute approximate surface area is 172 Å². The number of aromatic nitrogens is 3. The number of benzene rings is 2. The maximum Gasteiger partial charge on any atom is 0.274 e. The van der Waals surface area contributed by atoms with Crippen molar-refractivity contribution < 1.29 is 9.53 Å². The highest BCUT2D eigenvalue weighted by atomic mass is 79.9. The van der Waals surface area contributed by atoms with E-state index in [0.29, 0.717) is 24.8 Å². The Bertz CT molecular complexity index is 980. The fraction of sp³-hybridized carbons (Fsp3) is 0.286. The Morgan fingerprint density at radius 1 is 1.18 bits per heavy atom. The molecule has 2 aromatic carbocycles. The average molecular weight is 441 g/mol. The second kappa shape index (κ2) is 8.24. The van der Waals surface area contributed by atoms with Gasteiger partial charge in [0.1, 0.15) is 0 Å². The number of halogens is 1. The first-order valence-electron chi connectivity index (χ1n) is 9.23. The van der Waals surface area contributed by atoms with Gasteiger partial charge in [-0.3, -0.25) is 4.79 Å². The number of rotatable bonds is 7. The van der Waals surface area contributed by atoms with Gasteiger partial charge in [0, 0.05) is 24.0 Å². The third kappa shape index (κ3) is 4.00. The van der Waals surface area contributed by atoms with E-state index in [1.54, 1.807) is 11.8 Å². The summed E-state index contributed by atoms with van der Waals surface area (Å²) in [6, 6.07) is 15.8. The minimum Gasteiger partial charge on any atom is -0.380 e. The molecule has 28 heavy (non-hydrogen) atoms. The molecule has 4 rings (SSSR count). The van der Waals surface area contributed by atoms with Gasteiger partial charge in [0.05, 0.1) is 18.0 Å². The van der Waals surface area contributed by atoms with Gasteiger partial charge in [0.15, 0.2) is 5.69 Å². The van der Waals surface area contributed by atoms with E-state index >= 15 is 0 Å². The number of carbonyl (C=O) groups excluding carboxylic acids is 1. The molecule has 1 saturated carbocycles. The van der Waals surface area contributed by atoms with Crippen molar-refractivity contribution in [3.05, 3.63) is 75.5 Å². The summed E-state index contributed by atoms with van der Waals surface area (Å²) in [7, 11) is 1.66. The number of nitrogens with zero attached hydrogens (tertiary/aromatic N) is 3. The minimum atomic E-state index is -0.197. The molecule has 0 saturated heterocycles. The number of hydrogen-bond donors (Lipinski definition) is 1. The van der Waals surface area contributed by atoms with Gasteiger partial charge >= 0.3 is 0 Å². The van der Waals surface area contributed by atoms with Crippen molar-refractivity contribution in [3.8, 4) is 5.69 Å². The summed E-state index contributed by atoms with van der Waals surface area (Å²) in [4.78, 5) is 12.9. The van der Waals surface area contributed by atoms with Crippen molar-refractivity contribution >= 4 is 21.8 Å². The first-order valence-corrected chi connectivity index (χ1v) is 10.0. The van der Waals surface area contributed by atoms with Gasteiger partial charge < -0.3 is 10.1 Å². The zero-order chi connectivity index (χ0) is 19.5. The maximum absolute atomic E-state index is 12.9. The van der Waals surface area contributed by atoms with E-state index < -0.39 is 0 Å². The lowest BCUT2D eigenvalue weighted by Crippen LogP contribution is -2.25. The van der Waals surface area contributed by atoms with Gasteiger partial charge in [-0.2, -0.15) is 0 Å². The molecule has 0 unspecified atom stereocenters. The van der Waals surface area contributed by atoms with E-state index in [2.05, 4.69) is 31.6 Å². The molecule has 1 aliphatic rings. The second-order valence-corrected chi connectivity index (χ2v) is 7.79. The highest BCUT2D eigenvalue weighted by Gasteiger charge is 2.34. The van der Waals surface area contributed by atoms with E-state index in [1.807, 2.05) is 48.5 Å². The molecule has 1 aliphatic carbocycles. The van der Waals surface area contributed by atoms with Crippen LogP contribution in [0.5, 0.6) is 0 Å². The van der Waals surface area contributed by atoms with Gasteiger partial charge in [0.25, 0.3) is 5.91 Å². The fourth-order valence-electron chi connectivity index (χ4n) is 3.23. The Balaban J connectivity index is 1.56. The van der Waals surface area contributed by atoms with Crippen LogP contribution in [0.25, 0.3) is 5.69 Å². The molecule has 0 spiro atoms. The molecule has 1 N–H and O–H groups in total. The molecule has 3 aromatic rings. The quantitative estimate of drug-likeness (QED) is 0.602. The molecule has 6 nitrogen and oxygen atoms in total. The average Bonchev–Trinajstić information content (AvgIpc) is 3.46. The molecule has 1 aromatic heterocycles. The molecule has 144 valence electrons. The first-order chi connectivity index (χ1) is 13.7. The standard InChI is InChI=1S/C21H21BrN4O2/c1-28-13-16-5-3-2-4-15(16)12-23-21(27)19-20(14-6-7-14)26(25-24-19)18-10-8-17(22)9-11-18/h2-5,8-11,14H,6-7,12-13H2,1H3,(H,23,27). The Morgan fingerprint density at radius 3 is 2.57 bits per heavy atom. The van der Waals surface area contributed by atoms with Gasteiger partial charge in [-0.15, -0.1) is 5.10 Å². The van der Waals surface area contributed by atoms with E-state index in [1.165, 1.54) is 0 Å². The normalized spacial score (nSPS) is 13.5. The highest BCUT2D eigenvalue weighted by Crippen LogP contribution is 2.42. The number of methoxy groups -OCH3 is 1. The summed E-state index contributed by atoms with van der Waals surface area (Å²) in [5.41, 5.74) is 4.30. The number of ether oxygens (including phenoxy) is 1. The van der Waals surface area contributed by atoms with Gasteiger partial charge in [-0.1, -0.05) is 45.4 Å². The Hall–Kier alpha value is -2.51. The van der Waals surface area contributed by atoms with E-state index in [0.717, 1.165) is 39.8 Å².